The smallest absolute Gasteiger partial charge is 0.180 e. The average Bonchev–Trinajstić information content (AvgIpc) is 2.77. The van der Waals surface area contributed by atoms with E-state index < -0.39 is 0 Å². The lowest BCUT2D eigenvalue weighted by Crippen LogP contribution is -2.47. The minimum absolute atomic E-state index is 0.0445. The lowest BCUT2D eigenvalue weighted by molar-refractivity contribution is -0.386. The standard InChI is InChI=1S/C22H21N5O/c23-14-15-6-8-17(9-7-15)20-21(16-4-2-1-3-5-16)27-22-18(25-20)10-11-19(26-22)24-12-13-28/h1-11,28H,12-14,23H2,(H,24,26,27)/p+1. The molecule has 4 rings (SSSR count). The molecule has 5 N–H and O–H groups in total. The first-order valence-electron chi connectivity index (χ1n) is 9.26. The van der Waals surface area contributed by atoms with Gasteiger partial charge in [-0.25, -0.2) is 15.0 Å². The van der Waals surface area contributed by atoms with Crippen LogP contribution in [0.5, 0.6) is 0 Å². The number of benzene rings is 2. The third kappa shape index (κ3) is 3.69. The van der Waals surface area contributed by atoms with E-state index in [2.05, 4.69) is 40.3 Å². The van der Waals surface area contributed by atoms with E-state index in [-0.39, 0.29) is 6.61 Å². The van der Waals surface area contributed by atoms with Gasteiger partial charge in [0.1, 0.15) is 11.3 Å². The lowest BCUT2D eigenvalue weighted by Gasteiger charge is -2.11. The summed E-state index contributed by atoms with van der Waals surface area (Å²) >= 11 is 0. The van der Waals surface area contributed by atoms with Crippen molar-refractivity contribution in [1.82, 2.24) is 15.0 Å². The van der Waals surface area contributed by atoms with Crippen LogP contribution in [-0.2, 0) is 6.54 Å². The molecule has 0 aliphatic rings. The van der Waals surface area contributed by atoms with Crippen LogP contribution in [-0.4, -0.2) is 33.2 Å². The number of nitrogens with one attached hydrogen (secondary N) is 1. The summed E-state index contributed by atoms with van der Waals surface area (Å²) in [6, 6.07) is 22.0. The molecule has 6 nitrogen and oxygen atoms in total. The maximum absolute atomic E-state index is 9.01. The molecule has 0 saturated carbocycles. The Morgan fingerprint density at radius 3 is 2.21 bits per heavy atom. The first-order valence-corrected chi connectivity index (χ1v) is 9.26. The van der Waals surface area contributed by atoms with Crippen LogP contribution >= 0.6 is 0 Å². The Labute approximate surface area is 163 Å². The molecule has 0 fully saturated rings. The zero-order chi connectivity index (χ0) is 19.3. The first-order chi connectivity index (χ1) is 13.8. The number of nitrogens with zero attached hydrogens (tertiary/aromatic N) is 3. The molecular weight excluding hydrogens is 350 g/mol. The highest BCUT2D eigenvalue weighted by Crippen LogP contribution is 2.31. The second-order valence-electron chi connectivity index (χ2n) is 6.42. The second-order valence-corrected chi connectivity index (χ2v) is 6.42. The molecule has 6 heteroatoms. The number of pyridine rings is 1. The maximum atomic E-state index is 9.01. The van der Waals surface area contributed by atoms with Crippen LogP contribution in [0, 0.1) is 0 Å². The number of anilines is 1. The van der Waals surface area contributed by atoms with Crippen molar-refractivity contribution in [2.75, 3.05) is 18.5 Å². The quantitative estimate of drug-likeness (QED) is 0.483. The van der Waals surface area contributed by atoms with E-state index in [0.29, 0.717) is 18.0 Å². The highest BCUT2D eigenvalue weighted by atomic mass is 16.3. The van der Waals surface area contributed by atoms with Gasteiger partial charge in [-0.2, -0.15) is 0 Å². The molecule has 0 unspecified atom stereocenters. The van der Waals surface area contributed by atoms with E-state index in [4.69, 9.17) is 15.1 Å². The van der Waals surface area contributed by atoms with Crippen LogP contribution < -0.4 is 11.1 Å². The summed E-state index contributed by atoms with van der Waals surface area (Å²) in [7, 11) is 0. The Morgan fingerprint density at radius 2 is 1.50 bits per heavy atom. The van der Waals surface area contributed by atoms with Crippen molar-refractivity contribution in [3.63, 3.8) is 0 Å². The maximum Gasteiger partial charge on any atom is 0.180 e. The first kappa shape index (κ1) is 18.0. The van der Waals surface area contributed by atoms with Crippen molar-refractivity contribution in [2.24, 2.45) is 0 Å². The van der Waals surface area contributed by atoms with Gasteiger partial charge in [-0.3, -0.25) is 0 Å². The third-order valence-electron chi connectivity index (χ3n) is 4.51. The molecule has 4 aromatic rings. The van der Waals surface area contributed by atoms with Crippen LogP contribution in [0.1, 0.15) is 5.56 Å². The Hall–Kier alpha value is -3.35. The molecule has 140 valence electrons. The van der Waals surface area contributed by atoms with Crippen molar-refractivity contribution in [3.8, 4) is 22.5 Å². The fourth-order valence-electron chi connectivity index (χ4n) is 3.05. The highest BCUT2D eigenvalue weighted by molar-refractivity contribution is 5.85. The highest BCUT2D eigenvalue weighted by Gasteiger charge is 2.14. The van der Waals surface area contributed by atoms with E-state index in [0.717, 1.165) is 34.6 Å². The zero-order valence-electron chi connectivity index (χ0n) is 15.5. The van der Waals surface area contributed by atoms with Gasteiger partial charge >= 0.3 is 0 Å². The number of aromatic nitrogens is 3. The Kier molecular flexibility index (Phi) is 5.23. The summed E-state index contributed by atoms with van der Waals surface area (Å²) in [5.41, 5.74) is 10.0. The number of fused-ring (bicyclic) bond motifs is 1. The van der Waals surface area contributed by atoms with Gasteiger partial charge in [-0.05, 0) is 12.1 Å². The fourth-order valence-corrected chi connectivity index (χ4v) is 3.05. The van der Waals surface area contributed by atoms with Crippen molar-refractivity contribution in [1.29, 1.82) is 0 Å². The summed E-state index contributed by atoms with van der Waals surface area (Å²) in [5, 5.41) is 12.1. The van der Waals surface area contributed by atoms with Gasteiger partial charge < -0.3 is 16.2 Å². The number of hydrogen-bond acceptors (Lipinski definition) is 5. The van der Waals surface area contributed by atoms with Gasteiger partial charge in [-0.1, -0.05) is 54.6 Å². The molecule has 2 aromatic carbocycles. The molecule has 28 heavy (non-hydrogen) atoms. The van der Waals surface area contributed by atoms with E-state index in [9.17, 15) is 0 Å². The Morgan fingerprint density at radius 1 is 0.786 bits per heavy atom. The van der Waals surface area contributed by atoms with Gasteiger partial charge in [0, 0.05) is 23.2 Å². The third-order valence-corrected chi connectivity index (χ3v) is 4.51. The van der Waals surface area contributed by atoms with Crippen molar-refractivity contribution < 1.29 is 10.8 Å². The number of aliphatic hydroxyl groups is 1. The van der Waals surface area contributed by atoms with Gasteiger partial charge in [0.15, 0.2) is 5.65 Å². The van der Waals surface area contributed by atoms with Gasteiger partial charge in [0.05, 0.1) is 24.5 Å². The summed E-state index contributed by atoms with van der Waals surface area (Å²) in [4.78, 5) is 14.3. The molecule has 0 bridgehead atoms. The van der Waals surface area contributed by atoms with E-state index in [1.54, 1.807) is 0 Å². The molecular formula is C22H22N5O+. The minimum atomic E-state index is 0.0445. The van der Waals surface area contributed by atoms with Gasteiger partial charge in [-0.15, -0.1) is 0 Å². The van der Waals surface area contributed by atoms with Gasteiger partial charge in [0.25, 0.3) is 0 Å². The van der Waals surface area contributed by atoms with E-state index >= 15 is 0 Å². The minimum Gasteiger partial charge on any atom is -0.395 e. The molecule has 0 aliphatic carbocycles. The number of rotatable bonds is 6. The summed E-state index contributed by atoms with van der Waals surface area (Å²) in [6.07, 6.45) is 0. The van der Waals surface area contributed by atoms with E-state index in [1.165, 1.54) is 5.56 Å². The van der Waals surface area contributed by atoms with Crippen LogP contribution in [0.4, 0.5) is 5.82 Å². The zero-order valence-corrected chi connectivity index (χ0v) is 15.5. The van der Waals surface area contributed by atoms with Crippen molar-refractivity contribution in [2.45, 2.75) is 6.54 Å². The fraction of sp³-hybridized carbons (Fsp3) is 0.136. The molecule has 0 saturated heterocycles. The normalized spacial score (nSPS) is 10.9. The summed E-state index contributed by atoms with van der Waals surface area (Å²) in [5.74, 6) is 0.669. The number of hydrogen-bond donors (Lipinski definition) is 3. The molecule has 0 atom stereocenters. The van der Waals surface area contributed by atoms with Crippen LogP contribution in [0.2, 0.25) is 0 Å². The topological polar surface area (TPSA) is 98.6 Å². The van der Waals surface area contributed by atoms with Crippen molar-refractivity contribution in [3.05, 3.63) is 72.3 Å². The van der Waals surface area contributed by atoms with Gasteiger partial charge in [0.2, 0.25) is 0 Å². The SMILES string of the molecule is [NH3+]Cc1ccc(-c2nc3ccc(NCCO)nc3nc2-c2ccccc2)cc1. The molecule has 0 amide bonds. The Balaban J connectivity index is 1.88. The largest absolute Gasteiger partial charge is 0.395 e. The average molecular weight is 372 g/mol. The molecule has 0 aliphatic heterocycles. The Bertz CT molecular complexity index is 1080. The van der Waals surface area contributed by atoms with Crippen LogP contribution in [0.15, 0.2) is 66.7 Å². The predicted molar refractivity (Wildman–Crippen MR) is 110 cm³/mol. The second kappa shape index (κ2) is 8.12. The molecule has 0 radical (unpaired) electrons. The molecule has 2 heterocycles. The monoisotopic (exact) mass is 372 g/mol. The predicted octanol–water partition coefficient (Wildman–Crippen LogP) is 2.50. The van der Waals surface area contributed by atoms with Crippen molar-refractivity contribution >= 4 is 17.0 Å². The summed E-state index contributed by atoms with van der Waals surface area (Å²) < 4.78 is 0. The summed E-state index contributed by atoms with van der Waals surface area (Å²) in [6.45, 7) is 1.24. The lowest BCUT2D eigenvalue weighted by atomic mass is 10.0. The number of quaternary nitrogens is 1. The van der Waals surface area contributed by atoms with Crippen LogP contribution in [0.3, 0.4) is 0 Å². The van der Waals surface area contributed by atoms with Crippen LogP contribution in [0.25, 0.3) is 33.7 Å². The molecule has 2 aromatic heterocycles. The van der Waals surface area contributed by atoms with E-state index in [1.807, 2.05) is 42.5 Å². The number of aliphatic hydroxyl groups excluding tert-OH is 1. The molecule has 0 spiro atoms.